The fourth-order valence-electron chi connectivity index (χ4n) is 2.31. The summed E-state index contributed by atoms with van der Waals surface area (Å²) in [5.41, 5.74) is 2.34. The molecule has 0 aromatic heterocycles. The highest BCUT2D eigenvalue weighted by molar-refractivity contribution is 5.86. The highest BCUT2D eigenvalue weighted by atomic mass is 16.1. The zero-order valence-corrected chi connectivity index (χ0v) is 11.5. The van der Waals surface area contributed by atoms with Gasteiger partial charge in [-0.3, -0.25) is 4.79 Å². The SMILES string of the molecule is CC(C(=O)C[C@H](C)c1ccccc1)c1ccccc1. The summed E-state index contributed by atoms with van der Waals surface area (Å²) >= 11 is 0. The highest BCUT2D eigenvalue weighted by Crippen LogP contribution is 2.24. The van der Waals surface area contributed by atoms with Crippen molar-refractivity contribution in [2.75, 3.05) is 0 Å². The predicted octanol–water partition coefficient (Wildman–Crippen LogP) is 4.55. The van der Waals surface area contributed by atoms with Gasteiger partial charge in [-0.1, -0.05) is 74.5 Å². The van der Waals surface area contributed by atoms with Crippen LogP contribution in [0.4, 0.5) is 0 Å². The Morgan fingerprint density at radius 2 is 1.32 bits per heavy atom. The first-order valence-corrected chi connectivity index (χ1v) is 6.81. The molecule has 0 spiro atoms. The molecule has 1 nitrogen and oxygen atoms in total. The van der Waals surface area contributed by atoms with Crippen molar-refractivity contribution in [2.45, 2.75) is 32.1 Å². The number of hydrogen-bond donors (Lipinski definition) is 0. The summed E-state index contributed by atoms with van der Waals surface area (Å²) in [5.74, 6) is 0.565. The van der Waals surface area contributed by atoms with Crippen LogP contribution in [-0.2, 0) is 4.79 Å². The van der Waals surface area contributed by atoms with Crippen molar-refractivity contribution in [3.63, 3.8) is 0 Å². The van der Waals surface area contributed by atoms with Crippen molar-refractivity contribution in [1.82, 2.24) is 0 Å². The molecule has 98 valence electrons. The average Bonchev–Trinajstić information content (AvgIpc) is 2.48. The van der Waals surface area contributed by atoms with Gasteiger partial charge in [-0.25, -0.2) is 0 Å². The summed E-state index contributed by atoms with van der Waals surface area (Å²) in [7, 11) is 0. The molecule has 0 aliphatic carbocycles. The van der Waals surface area contributed by atoms with Gasteiger partial charge in [0.2, 0.25) is 0 Å². The quantitative estimate of drug-likeness (QED) is 0.762. The van der Waals surface area contributed by atoms with E-state index in [-0.39, 0.29) is 11.8 Å². The van der Waals surface area contributed by atoms with E-state index in [1.807, 2.05) is 55.5 Å². The standard InChI is InChI=1S/C18H20O/c1-14(16-9-5-3-6-10-16)13-18(19)15(2)17-11-7-4-8-12-17/h3-12,14-15H,13H2,1-2H3/t14-,15?/m0/s1. The van der Waals surface area contributed by atoms with E-state index in [4.69, 9.17) is 0 Å². The van der Waals surface area contributed by atoms with Gasteiger partial charge in [0.1, 0.15) is 5.78 Å². The fraction of sp³-hybridized carbons (Fsp3) is 0.278. The van der Waals surface area contributed by atoms with Crippen molar-refractivity contribution in [3.8, 4) is 0 Å². The lowest BCUT2D eigenvalue weighted by atomic mass is 9.88. The second kappa shape index (κ2) is 6.33. The lowest BCUT2D eigenvalue weighted by molar-refractivity contribution is -0.120. The average molecular weight is 252 g/mol. The smallest absolute Gasteiger partial charge is 0.140 e. The Hall–Kier alpha value is -1.89. The van der Waals surface area contributed by atoms with Gasteiger partial charge >= 0.3 is 0 Å². The molecule has 2 atom stereocenters. The topological polar surface area (TPSA) is 17.1 Å². The predicted molar refractivity (Wildman–Crippen MR) is 79.3 cm³/mol. The van der Waals surface area contributed by atoms with Gasteiger partial charge in [-0.2, -0.15) is 0 Å². The van der Waals surface area contributed by atoms with Crippen molar-refractivity contribution in [3.05, 3.63) is 71.8 Å². The van der Waals surface area contributed by atoms with Gasteiger partial charge in [-0.15, -0.1) is 0 Å². The summed E-state index contributed by atoms with van der Waals surface area (Å²) in [6, 6.07) is 20.2. The number of ketones is 1. The Kier molecular flexibility index (Phi) is 4.51. The van der Waals surface area contributed by atoms with E-state index in [9.17, 15) is 4.79 Å². The summed E-state index contributed by atoms with van der Waals surface area (Å²) in [5, 5.41) is 0. The van der Waals surface area contributed by atoms with Crippen molar-refractivity contribution in [1.29, 1.82) is 0 Å². The third-order valence-corrected chi connectivity index (χ3v) is 3.66. The Bertz CT molecular complexity index is 516. The molecule has 1 heteroatoms. The molecule has 0 heterocycles. The molecule has 0 fully saturated rings. The van der Waals surface area contributed by atoms with Crippen LogP contribution in [0.1, 0.15) is 43.2 Å². The minimum atomic E-state index is -0.0210. The summed E-state index contributed by atoms with van der Waals surface area (Å²) in [4.78, 5) is 12.3. The van der Waals surface area contributed by atoms with E-state index in [2.05, 4.69) is 19.1 Å². The largest absolute Gasteiger partial charge is 0.299 e. The molecular formula is C18H20O. The number of rotatable bonds is 5. The molecule has 2 aromatic carbocycles. The van der Waals surface area contributed by atoms with Crippen LogP contribution in [0, 0.1) is 0 Å². The monoisotopic (exact) mass is 252 g/mol. The maximum absolute atomic E-state index is 12.3. The van der Waals surface area contributed by atoms with Crippen molar-refractivity contribution >= 4 is 5.78 Å². The molecule has 2 aromatic rings. The van der Waals surface area contributed by atoms with Crippen LogP contribution in [0.5, 0.6) is 0 Å². The molecule has 0 radical (unpaired) electrons. The molecule has 0 saturated heterocycles. The zero-order valence-electron chi connectivity index (χ0n) is 11.5. The molecule has 1 unspecified atom stereocenters. The maximum atomic E-state index is 12.3. The van der Waals surface area contributed by atoms with Crippen LogP contribution in [-0.4, -0.2) is 5.78 Å². The molecule has 19 heavy (non-hydrogen) atoms. The molecule has 0 bridgehead atoms. The van der Waals surface area contributed by atoms with Crippen LogP contribution < -0.4 is 0 Å². The molecular weight excluding hydrogens is 232 g/mol. The van der Waals surface area contributed by atoms with Crippen molar-refractivity contribution in [2.24, 2.45) is 0 Å². The number of carbonyl (C=O) groups excluding carboxylic acids is 1. The van der Waals surface area contributed by atoms with E-state index >= 15 is 0 Å². The third kappa shape index (κ3) is 3.54. The van der Waals surface area contributed by atoms with E-state index in [0.29, 0.717) is 12.2 Å². The van der Waals surface area contributed by atoms with Gasteiger partial charge in [0.25, 0.3) is 0 Å². The molecule has 0 amide bonds. The molecule has 0 N–H and O–H groups in total. The van der Waals surface area contributed by atoms with Crippen LogP contribution >= 0.6 is 0 Å². The fourth-order valence-corrected chi connectivity index (χ4v) is 2.31. The minimum Gasteiger partial charge on any atom is -0.299 e. The number of benzene rings is 2. The first-order valence-electron chi connectivity index (χ1n) is 6.81. The van der Waals surface area contributed by atoms with Gasteiger partial charge < -0.3 is 0 Å². The van der Waals surface area contributed by atoms with Crippen LogP contribution in [0.3, 0.4) is 0 Å². The summed E-state index contributed by atoms with van der Waals surface area (Å²) < 4.78 is 0. The molecule has 0 aliphatic heterocycles. The number of Topliss-reactive ketones (excluding diaryl/α,β-unsaturated/α-hetero) is 1. The first kappa shape index (κ1) is 13.5. The Morgan fingerprint density at radius 3 is 1.84 bits per heavy atom. The highest BCUT2D eigenvalue weighted by Gasteiger charge is 2.18. The van der Waals surface area contributed by atoms with E-state index < -0.39 is 0 Å². The van der Waals surface area contributed by atoms with Crippen LogP contribution in [0.25, 0.3) is 0 Å². The van der Waals surface area contributed by atoms with Crippen LogP contribution in [0.15, 0.2) is 60.7 Å². The number of carbonyl (C=O) groups is 1. The molecule has 0 aliphatic rings. The van der Waals surface area contributed by atoms with E-state index in [1.54, 1.807) is 0 Å². The summed E-state index contributed by atoms with van der Waals surface area (Å²) in [6.07, 6.45) is 0.597. The van der Waals surface area contributed by atoms with Gasteiger partial charge in [0.05, 0.1) is 0 Å². The van der Waals surface area contributed by atoms with Crippen LogP contribution in [0.2, 0.25) is 0 Å². The summed E-state index contributed by atoms with van der Waals surface area (Å²) in [6.45, 7) is 4.11. The van der Waals surface area contributed by atoms with E-state index in [1.165, 1.54) is 5.56 Å². The lowest BCUT2D eigenvalue weighted by Crippen LogP contribution is -2.12. The normalized spacial score (nSPS) is 13.8. The molecule has 2 rings (SSSR count). The zero-order chi connectivity index (χ0) is 13.7. The maximum Gasteiger partial charge on any atom is 0.140 e. The Balaban J connectivity index is 2.02. The Labute approximate surface area is 115 Å². The van der Waals surface area contributed by atoms with Crippen molar-refractivity contribution < 1.29 is 4.79 Å². The first-order chi connectivity index (χ1) is 9.18. The second-order valence-electron chi connectivity index (χ2n) is 5.11. The van der Waals surface area contributed by atoms with E-state index in [0.717, 1.165) is 5.56 Å². The second-order valence-corrected chi connectivity index (χ2v) is 5.11. The Morgan fingerprint density at radius 1 is 0.842 bits per heavy atom. The lowest BCUT2D eigenvalue weighted by Gasteiger charge is -2.15. The number of hydrogen-bond acceptors (Lipinski definition) is 1. The molecule has 0 saturated carbocycles. The van der Waals surface area contributed by atoms with Gasteiger partial charge in [-0.05, 0) is 17.0 Å². The minimum absolute atomic E-state index is 0.0210. The van der Waals surface area contributed by atoms with Gasteiger partial charge in [0, 0.05) is 12.3 Å². The van der Waals surface area contributed by atoms with Gasteiger partial charge in [0.15, 0.2) is 0 Å². The third-order valence-electron chi connectivity index (χ3n) is 3.66.